The van der Waals surface area contributed by atoms with Crippen molar-refractivity contribution in [2.75, 3.05) is 38.3 Å². The number of aromatic nitrogens is 2. The molecule has 0 unspecified atom stereocenters. The molecule has 1 aromatic heterocycles. The van der Waals surface area contributed by atoms with E-state index in [0.29, 0.717) is 0 Å². The summed E-state index contributed by atoms with van der Waals surface area (Å²) in [5.41, 5.74) is 1.10. The molecule has 0 aliphatic carbocycles. The summed E-state index contributed by atoms with van der Waals surface area (Å²) in [5, 5.41) is 3.20. The summed E-state index contributed by atoms with van der Waals surface area (Å²) in [6, 6.07) is 1.99. The second-order valence-electron chi connectivity index (χ2n) is 4.15. The van der Waals surface area contributed by atoms with Crippen molar-refractivity contribution >= 4 is 17.7 Å². The minimum Gasteiger partial charge on any atom is -0.354 e. The van der Waals surface area contributed by atoms with Crippen molar-refractivity contribution in [3.05, 3.63) is 18.0 Å². The first-order chi connectivity index (χ1) is 8.22. The van der Waals surface area contributed by atoms with E-state index in [1.165, 1.54) is 0 Å². The highest BCUT2D eigenvalue weighted by atomic mass is 32.2. The second kappa shape index (κ2) is 8.31. The summed E-state index contributed by atoms with van der Waals surface area (Å²) in [6.45, 7) is 4.17. The molecule has 0 bridgehead atoms. The first-order valence-electron chi connectivity index (χ1n) is 6.00. The van der Waals surface area contributed by atoms with Crippen molar-refractivity contribution in [1.82, 2.24) is 14.9 Å². The molecule has 0 aliphatic heterocycles. The molecule has 4 nitrogen and oxygen atoms in total. The smallest absolute Gasteiger partial charge is 0.222 e. The highest BCUT2D eigenvalue weighted by Crippen LogP contribution is 2.10. The number of hydrogen-bond acceptors (Lipinski definition) is 5. The number of thioether (sulfide) groups is 1. The van der Waals surface area contributed by atoms with Crippen LogP contribution in [-0.2, 0) is 5.75 Å². The van der Waals surface area contributed by atoms with Gasteiger partial charge in [-0.05, 0) is 26.6 Å². The van der Waals surface area contributed by atoms with E-state index >= 15 is 0 Å². The Morgan fingerprint density at radius 1 is 1.41 bits per heavy atom. The molecule has 17 heavy (non-hydrogen) atoms. The van der Waals surface area contributed by atoms with E-state index in [4.69, 9.17) is 0 Å². The van der Waals surface area contributed by atoms with E-state index in [0.717, 1.165) is 42.7 Å². The fourth-order valence-corrected chi connectivity index (χ4v) is 2.23. The Balaban J connectivity index is 2.32. The van der Waals surface area contributed by atoms with Gasteiger partial charge in [-0.25, -0.2) is 9.97 Å². The maximum atomic E-state index is 4.47. The van der Waals surface area contributed by atoms with Crippen LogP contribution in [0.3, 0.4) is 0 Å². The average Bonchev–Trinajstić information content (AvgIpc) is 2.32. The van der Waals surface area contributed by atoms with Crippen LogP contribution in [0.4, 0.5) is 5.95 Å². The molecule has 0 radical (unpaired) electrons. The van der Waals surface area contributed by atoms with Crippen LogP contribution < -0.4 is 5.32 Å². The summed E-state index contributed by atoms with van der Waals surface area (Å²) in [4.78, 5) is 10.9. The average molecular weight is 254 g/mol. The molecule has 0 fully saturated rings. The van der Waals surface area contributed by atoms with E-state index in [2.05, 4.69) is 41.2 Å². The first kappa shape index (κ1) is 14.3. The van der Waals surface area contributed by atoms with Gasteiger partial charge in [0, 0.05) is 30.8 Å². The maximum Gasteiger partial charge on any atom is 0.222 e. The Hall–Kier alpha value is -0.810. The third-order valence-electron chi connectivity index (χ3n) is 2.18. The number of anilines is 1. The van der Waals surface area contributed by atoms with Crippen LogP contribution in [0, 0.1) is 0 Å². The maximum absolute atomic E-state index is 4.47. The lowest BCUT2D eigenvalue weighted by Crippen LogP contribution is -2.14. The summed E-state index contributed by atoms with van der Waals surface area (Å²) in [6.07, 6.45) is 2.91. The molecule has 0 aromatic carbocycles. The number of hydrogen-bond donors (Lipinski definition) is 1. The topological polar surface area (TPSA) is 41.1 Å². The second-order valence-corrected chi connectivity index (χ2v) is 5.26. The summed E-state index contributed by atoms with van der Waals surface area (Å²) in [5.74, 6) is 2.84. The van der Waals surface area contributed by atoms with Crippen LogP contribution >= 0.6 is 11.8 Å². The lowest BCUT2D eigenvalue weighted by Gasteiger charge is -2.09. The van der Waals surface area contributed by atoms with E-state index in [9.17, 15) is 0 Å². The highest BCUT2D eigenvalue weighted by Gasteiger charge is 1.99. The molecule has 1 N–H and O–H groups in total. The first-order valence-corrected chi connectivity index (χ1v) is 7.16. The van der Waals surface area contributed by atoms with Crippen LogP contribution in [0.25, 0.3) is 0 Å². The van der Waals surface area contributed by atoms with Crippen molar-refractivity contribution < 1.29 is 0 Å². The van der Waals surface area contributed by atoms with Gasteiger partial charge in [0.05, 0.1) is 5.69 Å². The van der Waals surface area contributed by atoms with Crippen molar-refractivity contribution in [2.24, 2.45) is 0 Å². The largest absolute Gasteiger partial charge is 0.354 e. The molecule has 5 heteroatoms. The van der Waals surface area contributed by atoms with Crippen molar-refractivity contribution in [3.63, 3.8) is 0 Å². The Morgan fingerprint density at radius 3 is 2.94 bits per heavy atom. The molecule has 1 rings (SSSR count). The molecule has 96 valence electrons. The summed E-state index contributed by atoms with van der Waals surface area (Å²) >= 11 is 1.91. The zero-order valence-electron chi connectivity index (χ0n) is 10.9. The van der Waals surface area contributed by atoms with Crippen LogP contribution in [0.15, 0.2) is 12.3 Å². The predicted molar refractivity (Wildman–Crippen MR) is 75.5 cm³/mol. The Kier molecular flexibility index (Phi) is 6.96. The zero-order chi connectivity index (χ0) is 12.5. The van der Waals surface area contributed by atoms with Crippen LogP contribution in [0.5, 0.6) is 0 Å². The van der Waals surface area contributed by atoms with Crippen LogP contribution in [0.1, 0.15) is 19.0 Å². The molecular weight excluding hydrogens is 232 g/mol. The fraction of sp³-hybridized carbons (Fsp3) is 0.667. The summed E-state index contributed by atoms with van der Waals surface area (Å²) < 4.78 is 0. The third kappa shape index (κ3) is 6.48. The SMILES string of the molecule is CCCNc1nccc(CSCCN(C)C)n1. The zero-order valence-corrected chi connectivity index (χ0v) is 11.8. The normalized spacial score (nSPS) is 10.8. The van der Waals surface area contributed by atoms with Gasteiger partial charge in [-0.3, -0.25) is 0 Å². The lowest BCUT2D eigenvalue weighted by molar-refractivity contribution is 0.437. The molecule has 0 saturated carbocycles. The number of rotatable bonds is 8. The molecular formula is C12H22N4S. The molecule has 0 amide bonds. The molecule has 0 aliphatic rings. The molecule has 0 saturated heterocycles. The molecule has 1 aromatic rings. The molecule has 0 spiro atoms. The van der Waals surface area contributed by atoms with Crippen LogP contribution in [0.2, 0.25) is 0 Å². The highest BCUT2D eigenvalue weighted by molar-refractivity contribution is 7.98. The molecule has 1 heterocycles. The van der Waals surface area contributed by atoms with Gasteiger partial charge in [0.25, 0.3) is 0 Å². The lowest BCUT2D eigenvalue weighted by atomic mass is 10.4. The van der Waals surface area contributed by atoms with Crippen molar-refractivity contribution in [3.8, 4) is 0 Å². The van der Waals surface area contributed by atoms with E-state index in [1.807, 2.05) is 24.0 Å². The minimum absolute atomic E-state index is 0.748. The van der Waals surface area contributed by atoms with E-state index < -0.39 is 0 Å². The standard InChI is InChI=1S/C12H22N4S/c1-4-6-13-12-14-7-5-11(15-12)10-17-9-8-16(2)3/h5,7H,4,6,8-10H2,1-3H3,(H,13,14,15). The van der Waals surface area contributed by atoms with Gasteiger partial charge >= 0.3 is 0 Å². The predicted octanol–water partition coefficient (Wildman–Crippen LogP) is 2.09. The Bertz CT molecular complexity index is 317. The van der Waals surface area contributed by atoms with Gasteiger partial charge in [-0.1, -0.05) is 6.92 Å². The van der Waals surface area contributed by atoms with Gasteiger partial charge in [0.2, 0.25) is 5.95 Å². The van der Waals surface area contributed by atoms with E-state index in [-0.39, 0.29) is 0 Å². The number of nitrogens with one attached hydrogen (secondary N) is 1. The Labute approximate surface area is 108 Å². The van der Waals surface area contributed by atoms with E-state index in [1.54, 1.807) is 0 Å². The number of nitrogens with zero attached hydrogens (tertiary/aromatic N) is 3. The van der Waals surface area contributed by atoms with Gasteiger partial charge in [0.15, 0.2) is 0 Å². The van der Waals surface area contributed by atoms with Gasteiger partial charge in [-0.15, -0.1) is 0 Å². The third-order valence-corrected chi connectivity index (χ3v) is 3.15. The Morgan fingerprint density at radius 2 is 2.24 bits per heavy atom. The monoisotopic (exact) mass is 254 g/mol. The van der Waals surface area contributed by atoms with Crippen LogP contribution in [-0.4, -0.2) is 47.8 Å². The molecule has 0 atom stereocenters. The van der Waals surface area contributed by atoms with Gasteiger partial charge in [-0.2, -0.15) is 11.8 Å². The van der Waals surface area contributed by atoms with Gasteiger partial charge in [0.1, 0.15) is 0 Å². The van der Waals surface area contributed by atoms with Gasteiger partial charge < -0.3 is 10.2 Å². The quantitative estimate of drug-likeness (QED) is 0.719. The van der Waals surface area contributed by atoms with Crippen molar-refractivity contribution in [1.29, 1.82) is 0 Å². The fourth-order valence-electron chi connectivity index (χ4n) is 1.22. The minimum atomic E-state index is 0.748. The summed E-state index contributed by atoms with van der Waals surface area (Å²) in [7, 11) is 4.19. The van der Waals surface area contributed by atoms with Crippen molar-refractivity contribution in [2.45, 2.75) is 19.1 Å².